The summed E-state index contributed by atoms with van der Waals surface area (Å²) in [7, 11) is -8.33. The monoisotopic (exact) mass is 743 g/mol. The van der Waals surface area contributed by atoms with Gasteiger partial charge in [-0.25, -0.2) is 4.98 Å². The molecule has 10 N–H and O–H groups in total. The lowest BCUT2D eigenvalue weighted by molar-refractivity contribution is 0.475. The Morgan fingerprint density at radius 3 is 1.42 bits per heavy atom. The predicted molar refractivity (Wildman–Crippen MR) is 203 cm³/mol. The van der Waals surface area contributed by atoms with Crippen LogP contribution in [0.1, 0.15) is 153 Å². The Hall–Kier alpha value is -3.01. The molecule has 288 valence electrons. The van der Waals surface area contributed by atoms with Crippen molar-refractivity contribution < 1.29 is 25.9 Å². The average molecular weight is 744 g/mol. The predicted octanol–water partition coefficient (Wildman–Crippen LogP) is 7.66. The van der Waals surface area contributed by atoms with Crippen LogP contribution in [0.25, 0.3) is 0 Å². The van der Waals surface area contributed by atoms with Gasteiger partial charge in [-0.05, 0) is 61.3 Å². The van der Waals surface area contributed by atoms with Crippen LogP contribution in [0.5, 0.6) is 0 Å². The van der Waals surface area contributed by atoms with E-state index in [9.17, 15) is 21.4 Å². The van der Waals surface area contributed by atoms with Crippen molar-refractivity contribution in [1.82, 2.24) is 15.3 Å². The fraction of sp³-hybridized carbons (Fsp3) is 0.686. The highest BCUT2D eigenvalue weighted by molar-refractivity contribution is 7.86. The second-order valence-electron chi connectivity index (χ2n) is 12.5. The molecule has 1 heterocycles. The zero-order chi connectivity index (χ0) is 37.8. The van der Waals surface area contributed by atoms with E-state index in [2.05, 4.69) is 30.7 Å². The molecule has 0 amide bonds. The van der Waals surface area contributed by atoms with Crippen molar-refractivity contribution in [2.45, 2.75) is 166 Å². The van der Waals surface area contributed by atoms with Gasteiger partial charge in [0.05, 0.1) is 4.90 Å². The number of hydrogen-bond acceptors (Lipinski definition) is 7. The number of guanidine groups is 2. The van der Waals surface area contributed by atoms with E-state index in [1.54, 1.807) is 6.07 Å². The van der Waals surface area contributed by atoms with E-state index in [1.165, 1.54) is 113 Å². The van der Waals surface area contributed by atoms with Gasteiger partial charge < -0.3 is 16.5 Å². The van der Waals surface area contributed by atoms with Crippen LogP contribution in [-0.2, 0) is 39.5 Å². The van der Waals surface area contributed by atoms with Crippen LogP contribution in [0, 0.1) is 10.8 Å². The van der Waals surface area contributed by atoms with Crippen molar-refractivity contribution in [3.05, 3.63) is 41.2 Å². The Morgan fingerprint density at radius 2 is 1.08 bits per heavy atom. The van der Waals surface area contributed by atoms with Crippen molar-refractivity contribution >= 4 is 32.2 Å². The van der Waals surface area contributed by atoms with Crippen LogP contribution < -0.4 is 16.8 Å². The van der Waals surface area contributed by atoms with Crippen LogP contribution in [0.4, 0.5) is 0 Å². The molecule has 15 heteroatoms. The number of nitrogens with zero attached hydrogens (tertiary/aromatic N) is 1. The molecule has 0 spiro atoms. The molecule has 2 aromatic rings. The van der Waals surface area contributed by atoms with Gasteiger partial charge >= 0.3 is 10.1 Å². The first kappa shape index (κ1) is 47.0. The number of nitrogens with one attached hydrogen (secondary N) is 4. The standard InChI is InChI=1S/C30H54O3S.C3H4N2O3S.C2H7N5/c1-4-7-10-13-16-19-22-27-25-26-30(34(31,32)33)29(24-21-18-15-12-9-6-3)28(27)23-20-17-14-11-8-5-2;6-9(7,8)3-4-1-2-5-3;3-1(4)7-2(5)6/h25-26H,4-24H2,1-3H3,(H,31,32,33);1-2H,(H,4,5)(H,6,7,8);(H7,3,4,5,6,7). The van der Waals surface area contributed by atoms with Gasteiger partial charge in [0.2, 0.25) is 0 Å². The number of aromatic amines is 1. The summed E-state index contributed by atoms with van der Waals surface area (Å²) in [4.78, 5) is 5.68. The van der Waals surface area contributed by atoms with Gasteiger partial charge in [0.1, 0.15) is 0 Å². The zero-order valence-electron chi connectivity index (χ0n) is 30.6. The summed E-state index contributed by atoms with van der Waals surface area (Å²) >= 11 is 0. The van der Waals surface area contributed by atoms with Crippen molar-refractivity contribution in [1.29, 1.82) is 10.8 Å². The maximum absolute atomic E-state index is 12.3. The average Bonchev–Trinajstić information content (AvgIpc) is 3.59. The lowest BCUT2D eigenvalue weighted by Crippen LogP contribution is -2.39. The summed E-state index contributed by atoms with van der Waals surface area (Å²) in [6, 6.07) is 3.67. The Morgan fingerprint density at radius 1 is 0.660 bits per heavy atom. The molecule has 2 rings (SSSR count). The van der Waals surface area contributed by atoms with Crippen molar-refractivity contribution in [2.75, 3.05) is 0 Å². The Kier molecular flexibility index (Phi) is 26.0. The first-order valence-corrected chi connectivity index (χ1v) is 21.1. The summed E-state index contributed by atoms with van der Waals surface area (Å²) in [5, 5.41) is 14.5. The third-order valence-corrected chi connectivity index (χ3v) is 9.76. The highest BCUT2D eigenvalue weighted by Crippen LogP contribution is 2.29. The zero-order valence-corrected chi connectivity index (χ0v) is 32.2. The minimum atomic E-state index is -4.20. The number of imidazole rings is 1. The number of unbranched alkanes of at least 4 members (excludes halogenated alkanes) is 15. The quantitative estimate of drug-likeness (QED) is 0.0239. The molecule has 0 aliphatic rings. The highest BCUT2D eigenvalue weighted by Gasteiger charge is 2.20. The van der Waals surface area contributed by atoms with Crippen molar-refractivity contribution in [2.24, 2.45) is 11.5 Å². The van der Waals surface area contributed by atoms with E-state index in [-0.39, 0.29) is 16.8 Å². The maximum atomic E-state index is 12.3. The van der Waals surface area contributed by atoms with Gasteiger partial charge in [-0.3, -0.25) is 25.2 Å². The van der Waals surface area contributed by atoms with E-state index < -0.39 is 25.4 Å². The van der Waals surface area contributed by atoms with Gasteiger partial charge in [-0.1, -0.05) is 123 Å². The summed E-state index contributed by atoms with van der Waals surface area (Å²) < 4.78 is 63.1. The van der Waals surface area contributed by atoms with Gasteiger partial charge in [-0.15, -0.1) is 0 Å². The molecule has 0 bridgehead atoms. The first-order valence-electron chi connectivity index (χ1n) is 18.2. The van der Waals surface area contributed by atoms with Crippen molar-refractivity contribution in [3.8, 4) is 0 Å². The van der Waals surface area contributed by atoms with E-state index in [0.29, 0.717) is 0 Å². The molecule has 0 atom stereocenters. The lowest BCUT2D eigenvalue weighted by Gasteiger charge is -2.18. The van der Waals surface area contributed by atoms with E-state index >= 15 is 0 Å². The topological polar surface area (TPSA) is 249 Å². The Bertz CT molecular complexity index is 1410. The molecular weight excluding hydrogens is 679 g/mol. The van der Waals surface area contributed by atoms with Crippen LogP contribution in [-0.4, -0.2) is 47.8 Å². The molecule has 1 aromatic heterocycles. The molecule has 50 heavy (non-hydrogen) atoms. The smallest absolute Gasteiger partial charge is 0.328 e. The minimum absolute atomic E-state index is 0.161. The first-order chi connectivity index (χ1) is 23.7. The second-order valence-corrected chi connectivity index (χ2v) is 15.3. The second kappa shape index (κ2) is 27.7. The summed E-state index contributed by atoms with van der Waals surface area (Å²) in [6.07, 6.45) is 27.3. The SMILES string of the molecule is CCCCCCCCc1ccc(S(=O)(=O)O)c(CCCCCCCC)c1CCCCCCCC.N=C(N)NC(=N)N.O=S(=O)(O)c1ncc[nH]1. The number of nitrogens with two attached hydrogens (primary N) is 2. The van der Waals surface area contributed by atoms with E-state index in [4.69, 9.17) is 26.8 Å². The lowest BCUT2D eigenvalue weighted by atomic mass is 9.90. The number of hydrogen-bond donors (Lipinski definition) is 8. The summed E-state index contributed by atoms with van der Waals surface area (Å²) in [5.74, 6) is -0.625. The van der Waals surface area contributed by atoms with Gasteiger partial charge in [-0.2, -0.15) is 16.8 Å². The Balaban J connectivity index is 0.00000122. The number of aromatic nitrogens is 2. The van der Waals surface area contributed by atoms with Crippen LogP contribution in [0.2, 0.25) is 0 Å². The largest absolute Gasteiger partial charge is 0.370 e. The third-order valence-electron chi connectivity index (χ3n) is 8.11. The van der Waals surface area contributed by atoms with E-state index in [1.807, 2.05) is 11.4 Å². The maximum Gasteiger partial charge on any atom is 0.328 e. The normalized spacial score (nSPS) is 11.2. The van der Waals surface area contributed by atoms with Crippen molar-refractivity contribution in [3.63, 3.8) is 0 Å². The molecular formula is C35H65N7O6S2. The number of rotatable bonds is 23. The molecule has 0 aliphatic heterocycles. The molecule has 0 fully saturated rings. The van der Waals surface area contributed by atoms with Gasteiger partial charge in [0.15, 0.2) is 11.9 Å². The number of H-pyrrole nitrogens is 1. The highest BCUT2D eigenvalue weighted by atomic mass is 32.2. The van der Waals surface area contributed by atoms with Crippen LogP contribution in [0.15, 0.2) is 34.6 Å². The Labute approximate surface area is 301 Å². The van der Waals surface area contributed by atoms with E-state index in [0.717, 1.165) is 50.5 Å². The summed E-state index contributed by atoms with van der Waals surface area (Å²) in [6.45, 7) is 6.71. The molecule has 0 unspecified atom stereocenters. The van der Waals surface area contributed by atoms with Gasteiger partial charge in [0.25, 0.3) is 15.3 Å². The molecule has 0 saturated heterocycles. The molecule has 13 nitrogen and oxygen atoms in total. The fourth-order valence-corrected chi connectivity index (χ4v) is 6.77. The molecule has 0 radical (unpaired) electrons. The summed E-state index contributed by atoms with van der Waals surface area (Å²) in [5.41, 5.74) is 12.9. The fourth-order valence-electron chi connectivity index (χ4n) is 5.58. The number of benzene rings is 1. The number of aryl methyl sites for hydroxylation is 1. The van der Waals surface area contributed by atoms with Gasteiger partial charge in [0, 0.05) is 12.4 Å². The molecule has 1 aromatic carbocycles. The molecule has 0 saturated carbocycles. The van der Waals surface area contributed by atoms with Crippen LogP contribution in [0.3, 0.4) is 0 Å². The third kappa shape index (κ3) is 23.4. The minimum Gasteiger partial charge on any atom is -0.370 e. The van der Waals surface area contributed by atoms with Crippen LogP contribution >= 0.6 is 0 Å². The molecule has 0 aliphatic carbocycles.